The molecule has 0 fully saturated rings. The summed E-state index contributed by atoms with van der Waals surface area (Å²) in [5, 5.41) is 11.0. The zero-order valence-corrected chi connectivity index (χ0v) is 14.0. The average Bonchev–Trinajstić information content (AvgIpc) is 2.91. The van der Waals surface area contributed by atoms with Crippen molar-refractivity contribution in [3.8, 4) is 0 Å². The van der Waals surface area contributed by atoms with Crippen molar-refractivity contribution in [1.29, 1.82) is 0 Å². The van der Waals surface area contributed by atoms with E-state index in [1.807, 2.05) is 0 Å². The average molecular weight is 368 g/mol. The van der Waals surface area contributed by atoms with Gasteiger partial charge < -0.3 is 18.7 Å². The number of nitro groups is 1. The molecule has 2 rings (SSSR count). The van der Waals surface area contributed by atoms with Crippen LogP contribution in [0, 0.1) is 10.1 Å². The van der Waals surface area contributed by atoms with Gasteiger partial charge in [0, 0.05) is 7.05 Å². The SMILES string of the molecule is COC(=O)c1c([N+](=O)[O-])c(C(=O)OC)c2c(=O)on(C)c2c1C(=O)OC. The summed E-state index contributed by atoms with van der Waals surface area (Å²) in [4.78, 5) is 59.2. The van der Waals surface area contributed by atoms with Crippen LogP contribution in [0.25, 0.3) is 10.9 Å². The third-order valence-corrected chi connectivity index (χ3v) is 3.54. The van der Waals surface area contributed by atoms with Crippen LogP contribution in [0.1, 0.15) is 31.1 Å². The van der Waals surface area contributed by atoms with Crippen LogP contribution < -0.4 is 5.63 Å². The highest BCUT2D eigenvalue weighted by Gasteiger charge is 2.41. The molecule has 0 saturated heterocycles. The minimum atomic E-state index is -1.29. The molecule has 12 nitrogen and oxygen atoms in total. The number of esters is 3. The van der Waals surface area contributed by atoms with E-state index in [0.29, 0.717) is 0 Å². The molecule has 1 aromatic heterocycles. The Bertz CT molecular complexity index is 1010. The van der Waals surface area contributed by atoms with Crippen LogP contribution in [-0.4, -0.2) is 48.9 Å². The van der Waals surface area contributed by atoms with Crippen molar-refractivity contribution in [2.24, 2.45) is 7.05 Å². The lowest BCUT2D eigenvalue weighted by Crippen LogP contribution is -2.20. The van der Waals surface area contributed by atoms with Gasteiger partial charge in [0.2, 0.25) is 0 Å². The Morgan fingerprint density at radius 3 is 1.88 bits per heavy atom. The molecule has 0 unspecified atom stereocenters. The lowest BCUT2D eigenvalue weighted by molar-refractivity contribution is -0.385. The van der Waals surface area contributed by atoms with Crippen LogP contribution in [-0.2, 0) is 21.3 Å². The number of hydrogen-bond acceptors (Lipinski definition) is 10. The first-order chi connectivity index (χ1) is 12.2. The topological polar surface area (TPSA) is 157 Å². The molecule has 0 aliphatic rings. The van der Waals surface area contributed by atoms with Crippen LogP contribution in [0.3, 0.4) is 0 Å². The van der Waals surface area contributed by atoms with E-state index in [4.69, 9.17) is 4.52 Å². The number of rotatable bonds is 4. The molecule has 1 heterocycles. The number of nitrogens with zero attached hydrogens (tertiary/aromatic N) is 2. The maximum atomic E-state index is 12.2. The molecular formula is C14H12N2O10. The van der Waals surface area contributed by atoms with Crippen molar-refractivity contribution in [3.05, 3.63) is 37.2 Å². The number of nitro benzene ring substituents is 1. The highest BCUT2D eigenvalue weighted by molar-refractivity contribution is 6.20. The Kier molecular flexibility index (Phi) is 4.77. The van der Waals surface area contributed by atoms with E-state index >= 15 is 0 Å². The number of fused-ring (bicyclic) bond motifs is 1. The molecule has 0 atom stereocenters. The minimum Gasteiger partial charge on any atom is -0.465 e. The van der Waals surface area contributed by atoms with Gasteiger partial charge in [-0.25, -0.2) is 23.9 Å². The Hall–Kier alpha value is -3.70. The van der Waals surface area contributed by atoms with Gasteiger partial charge in [-0.2, -0.15) is 0 Å². The first kappa shape index (κ1) is 18.6. The van der Waals surface area contributed by atoms with E-state index in [9.17, 15) is 29.3 Å². The normalized spacial score (nSPS) is 10.5. The molecule has 26 heavy (non-hydrogen) atoms. The molecule has 0 N–H and O–H groups in total. The van der Waals surface area contributed by atoms with Gasteiger partial charge in [-0.3, -0.25) is 10.1 Å². The van der Waals surface area contributed by atoms with Crippen molar-refractivity contribution >= 4 is 34.5 Å². The Morgan fingerprint density at radius 2 is 1.42 bits per heavy atom. The van der Waals surface area contributed by atoms with Gasteiger partial charge in [0.05, 0.1) is 26.3 Å². The highest BCUT2D eigenvalue weighted by Crippen LogP contribution is 2.36. The van der Waals surface area contributed by atoms with Gasteiger partial charge in [0.25, 0.3) is 5.69 Å². The summed E-state index contributed by atoms with van der Waals surface area (Å²) in [6.45, 7) is 0. The van der Waals surface area contributed by atoms with E-state index in [2.05, 4.69) is 14.2 Å². The summed E-state index contributed by atoms with van der Waals surface area (Å²) >= 11 is 0. The molecule has 12 heteroatoms. The molecule has 0 amide bonds. The van der Waals surface area contributed by atoms with Crippen LogP contribution >= 0.6 is 0 Å². The number of carbonyl (C=O) groups excluding carboxylic acids is 3. The number of carbonyl (C=O) groups is 3. The fourth-order valence-corrected chi connectivity index (χ4v) is 2.54. The predicted molar refractivity (Wildman–Crippen MR) is 82.1 cm³/mol. The van der Waals surface area contributed by atoms with E-state index in [-0.39, 0.29) is 5.52 Å². The monoisotopic (exact) mass is 368 g/mol. The Balaban J connectivity index is 3.32. The van der Waals surface area contributed by atoms with Crippen LogP contribution in [0.15, 0.2) is 9.32 Å². The molecule has 0 radical (unpaired) electrons. The Morgan fingerprint density at radius 1 is 0.962 bits per heavy atom. The summed E-state index contributed by atoms with van der Waals surface area (Å²) in [7, 11) is 4.01. The molecule has 2 aromatic rings. The zero-order chi connectivity index (χ0) is 19.8. The van der Waals surface area contributed by atoms with Crippen molar-refractivity contribution < 1.29 is 38.0 Å². The second-order valence-corrected chi connectivity index (χ2v) is 4.81. The molecule has 1 aromatic carbocycles. The fourth-order valence-electron chi connectivity index (χ4n) is 2.54. The first-order valence-electron chi connectivity index (χ1n) is 6.80. The van der Waals surface area contributed by atoms with E-state index in [1.54, 1.807) is 0 Å². The van der Waals surface area contributed by atoms with E-state index < -0.39 is 56.2 Å². The van der Waals surface area contributed by atoms with Gasteiger partial charge in [-0.1, -0.05) is 0 Å². The van der Waals surface area contributed by atoms with Crippen LogP contribution in [0.5, 0.6) is 0 Å². The van der Waals surface area contributed by atoms with Crippen molar-refractivity contribution in [2.75, 3.05) is 21.3 Å². The summed E-state index contributed by atoms with van der Waals surface area (Å²) < 4.78 is 19.2. The highest BCUT2D eigenvalue weighted by atomic mass is 16.6. The molecule has 0 saturated carbocycles. The number of methoxy groups -OCH3 is 3. The van der Waals surface area contributed by atoms with Gasteiger partial charge in [0.1, 0.15) is 16.5 Å². The molecular weight excluding hydrogens is 356 g/mol. The number of aryl methyl sites for hydroxylation is 1. The number of aromatic nitrogens is 1. The zero-order valence-electron chi connectivity index (χ0n) is 14.0. The second kappa shape index (κ2) is 6.66. The molecule has 0 spiro atoms. The van der Waals surface area contributed by atoms with Gasteiger partial charge in [0.15, 0.2) is 11.1 Å². The second-order valence-electron chi connectivity index (χ2n) is 4.81. The number of benzene rings is 1. The molecule has 0 aliphatic heterocycles. The summed E-state index contributed by atoms with van der Waals surface area (Å²) in [6.07, 6.45) is 0. The summed E-state index contributed by atoms with van der Waals surface area (Å²) in [6, 6.07) is 0. The largest absolute Gasteiger partial charge is 0.465 e. The lowest BCUT2D eigenvalue weighted by atomic mass is 9.96. The maximum absolute atomic E-state index is 12.2. The van der Waals surface area contributed by atoms with Crippen LogP contribution in [0.4, 0.5) is 5.69 Å². The fraction of sp³-hybridized carbons (Fsp3) is 0.286. The summed E-state index contributed by atoms with van der Waals surface area (Å²) in [5.74, 6) is -3.74. The molecule has 138 valence electrons. The van der Waals surface area contributed by atoms with Crippen LogP contribution in [0.2, 0.25) is 0 Å². The third-order valence-electron chi connectivity index (χ3n) is 3.54. The van der Waals surface area contributed by atoms with Gasteiger partial charge in [-0.15, -0.1) is 0 Å². The molecule has 0 aliphatic carbocycles. The van der Waals surface area contributed by atoms with E-state index in [0.717, 1.165) is 26.1 Å². The predicted octanol–water partition coefficient (Wildman–Crippen LogP) is 0.399. The quantitative estimate of drug-likeness (QED) is 0.320. The standard InChI is InChI=1S/C14H12N2O10/c1-15-9-5(11(17)23-2)7(12(18)24-3)10(16(21)22)8(13(19)25-4)6(9)14(20)26-15/h1-4H3. The van der Waals surface area contributed by atoms with Gasteiger partial charge >= 0.3 is 23.5 Å². The molecule has 0 bridgehead atoms. The van der Waals surface area contributed by atoms with Crippen molar-refractivity contribution in [3.63, 3.8) is 0 Å². The minimum absolute atomic E-state index is 0.353. The number of ether oxygens (including phenoxy) is 3. The van der Waals surface area contributed by atoms with E-state index in [1.165, 1.54) is 7.05 Å². The first-order valence-corrected chi connectivity index (χ1v) is 6.80. The Labute approximate surface area is 143 Å². The smallest absolute Gasteiger partial charge is 0.366 e. The number of hydrogen-bond donors (Lipinski definition) is 0. The van der Waals surface area contributed by atoms with Crippen molar-refractivity contribution in [2.45, 2.75) is 0 Å². The third kappa shape index (κ3) is 2.56. The van der Waals surface area contributed by atoms with Gasteiger partial charge in [-0.05, 0) is 0 Å². The maximum Gasteiger partial charge on any atom is 0.366 e. The van der Waals surface area contributed by atoms with Crippen molar-refractivity contribution in [1.82, 2.24) is 4.74 Å². The summed E-state index contributed by atoms with van der Waals surface area (Å²) in [5.41, 5.74) is -4.98. The lowest BCUT2D eigenvalue weighted by Gasteiger charge is -2.12.